The first-order valence-corrected chi connectivity index (χ1v) is 5.57. The molecule has 0 atom stereocenters. The molecule has 0 saturated heterocycles. The van der Waals surface area contributed by atoms with Gasteiger partial charge in [-0.25, -0.2) is 0 Å². The van der Waals surface area contributed by atoms with Crippen molar-refractivity contribution in [1.29, 1.82) is 0 Å². The number of hydrogen-bond acceptors (Lipinski definition) is 2. The zero-order valence-corrected chi connectivity index (χ0v) is 10.2. The molecule has 0 aliphatic carbocycles. The minimum Gasteiger partial charge on any atom is -0.298 e. The summed E-state index contributed by atoms with van der Waals surface area (Å²) in [7, 11) is 0. The van der Waals surface area contributed by atoms with Gasteiger partial charge in [-0.15, -0.1) is 0 Å². The molecular formula is C13H7ClF3NO. The molecule has 0 unspecified atom stereocenters. The second kappa shape index (κ2) is 5.01. The highest BCUT2D eigenvalue weighted by atomic mass is 35.5. The monoisotopic (exact) mass is 285 g/mol. The van der Waals surface area contributed by atoms with E-state index in [-0.39, 0.29) is 0 Å². The van der Waals surface area contributed by atoms with Crippen molar-refractivity contribution in [2.45, 2.75) is 6.18 Å². The number of carbonyl (C=O) groups excluding carboxylic acids is 1. The minimum absolute atomic E-state index is 0.318. The minimum atomic E-state index is -4.42. The molecule has 0 amide bonds. The maximum atomic E-state index is 12.4. The van der Waals surface area contributed by atoms with Gasteiger partial charge >= 0.3 is 6.18 Å². The van der Waals surface area contributed by atoms with E-state index in [9.17, 15) is 18.0 Å². The van der Waals surface area contributed by atoms with Crippen LogP contribution >= 0.6 is 11.6 Å². The van der Waals surface area contributed by atoms with Crippen molar-refractivity contribution in [1.82, 2.24) is 4.98 Å². The Hall–Kier alpha value is -1.88. The van der Waals surface area contributed by atoms with Crippen LogP contribution in [0.15, 0.2) is 36.5 Å². The van der Waals surface area contributed by atoms with Gasteiger partial charge in [-0.1, -0.05) is 11.6 Å². The molecular weight excluding hydrogens is 279 g/mol. The summed E-state index contributed by atoms with van der Waals surface area (Å²) in [5.74, 6) is 0. The van der Waals surface area contributed by atoms with Crippen LogP contribution in [0.2, 0.25) is 5.02 Å². The van der Waals surface area contributed by atoms with Crippen molar-refractivity contribution in [2.24, 2.45) is 0 Å². The van der Waals surface area contributed by atoms with Gasteiger partial charge in [-0.2, -0.15) is 13.2 Å². The molecule has 0 aliphatic rings. The summed E-state index contributed by atoms with van der Waals surface area (Å²) in [5, 5.41) is 0.321. The van der Waals surface area contributed by atoms with E-state index in [2.05, 4.69) is 4.98 Å². The Balaban J connectivity index is 2.42. The molecule has 0 aliphatic heterocycles. The van der Waals surface area contributed by atoms with Gasteiger partial charge in [0.25, 0.3) is 0 Å². The van der Waals surface area contributed by atoms with Crippen LogP contribution in [-0.2, 0) is 6.18 Å². The molecule has 6 heteroatoms. The van der Waals surface area contributed by atoms with E-state index in [4.69, 9.17) is 11.6 Å². The largest absolute Gasteiger partial charge is 0.417 e. The van der Waals surface area contributed by atoms with Crippen molar-refractivity contribution < 1.29 is 18.0 Å². The lowest BCUT2D eigenvalue weighted by atomic mass is 10.1. The summed E-state index contributed by atoms with van der Waals surface area (Å²) < 4.78 is 37.2. The van der Waals surface area contributed by atoms with Gasteiger partial charge in [-0.05, 0) is 30.3 Å². The first-order chi connectivity index (χ1) is 8.90. The van der Waals surface area contributed by atoms with Crippen molar-refractivity contribution in [2.75, 3.05) is 0 Å². The number of pyridine rings is 1. The van der Waals surface area contributed by atoms with E-state index in [0.29, 0.717) is 28.1 Å². The number of hydrogen-bond donors (Lipinski definition) is 0. The van der Waals surface area contributed by atoms with E-state index < -0.39 is 11.7 Å². The van der Waals surface area contributed by atoms with E-state index in [1.165, 1.54) is 24.3 Å². The van der Waals surface area contributed by atoms with E-state index in [1.54, 1.807) is 0 Å². The average Bonchev–Trinajstić information content (AvgIpc) is 2.37. The molecule has 0 bridgehead atoms. The van der Waals surface area contributed by atoms with Crippen LogP contribution in [0.3, 0.4) is 0 Å². The van der Waals surface area contributed by atoms with Crippen LogP contribution in [0.25, 0.3) is 11.3 Å². The molecule has 2 aromatic rings. The third kappa shape index (κ3) is 3.12. The maximum absolute atomic E-state index is 12.4. The fourth-order valence-corrected chi connectivity index (χ4v) is 1.80. The van der Waals surface area contributed by atoms with Gasteiger partial charge in [0.2, 0.25) is 0 Å². The van der Waals surface area contributed by atoms with E-state index in [1.807, 2.05) is 0 Å². The highest BCUT2D eigenvalue weighted by molar-refractivity contribution is 6.31. The van der Waals surface area contributed by atoms with Crippen LogP contribution in [0.5, 0.6) is 0 Å². The lowest BCUT2D eigenvalue weighted by Gasteiger charge is -2.07. The number of halogens is 4. The molecule has 2 nitrogen and oxygen atoms in total. The molecule has 0 radical (unpaired) electrons. The standard InChI is InChI=1S/C13H7ClF3NO/c14-11-4-8(7-19)3-9(5-11)12-2-1-10(6-18-12)13(15,16)17/h1-7H. The molecule has 2 rings (SSSR count). The van der Waals surface area contributed by atoms with Crippen LogP contribution < -0.4 is 0 Å². The Morgan fingerprint density at radius 3 is 2.42 bits per heavy atom. The number of alkyl halides is 3. The molecule has 1 aromatic heterocycles. The van der Waals surface area contributed by atoms with Crippen LogP contribution in [0.4, 0.5) is 13.2 Å². The summed E-state index contributed by atoms with van der Waals surface area (Å²) in [6, 6.07) is 6.67. The van der Waals surface area contributed by atoms with Gasteiger partial charge in [0.15, 0.2) is 0 Å². The van der Waals surface area contributed by atoms with Crippen LogP contribution in [0, 0.1) is 0 Å². The first kappa shape index (κ1) is 13.5. The zero-order valence-electron chi connectivity index (χ0n) is 9.41. The summed E-state index contributed by atoms with van der Waals surface area (Å²) in [4.78, 5) is 14.4. The summed E-state index contributed by atoms with van der Waals surface area (Å²) >= 11 is 5.82. The van der Waals surface area contributed by atoms with Crippen molar-refractivity contribution >= 4 is 17.9 Å². The molecule has 0 fully saturated rings. The van der Waals surface area contributed by atoms with Gasteiger partial charge in [-0.3, -0.25) is 9.78 Å². The lowest BCUT2D eigenvalue weighted by molar-refractivity contribution is -0.137. The summed E-state index contributed by atoms with van der Waals surface area (Å²) in [6.07, 6.45) is -3.07. The number of nitrogens with zero attached hydrogens (tertiary/aromatic N) is 1. The van der Waals surface area contributed by atoms with E-state index >= 15 is 0 Å². The molecule has 0 N–H and O–H groups in total. The predicted molar refractivity (Wildman–Crippen MR) is 65.1 cm³/mol. The smallest absolute Gasteiger partial charge is 0.298 e. The Morgan fingerprint density at radius 2 is 1.89 bits per heavy atom. The highest BCUT2D eigenvalue weighted by Gasteiger charge is 2.30. The maximum Gasteiger partial charge on any atom is 0.417 e. The number of aromatic nitrogens is 1. The SMILES string of the molecule is O=Cc1cc(Cl)cc(-c2ccc(C(F)(F)F)cn2)c1. The molecule has 0 saturated carbocycles. The lowest BCUT2D eigenvalue weighted by Crippen LogP contribution is -2.05. The topological polar surface area (TPSA) is 30.0 Å². The Kier molecular flexibility index (Phi) is 3.57. The van der Waals surface area contributed by atoms with Crippen molar-refractivity contribution in [3.8, 4) is 11.3 Å². The average molecular weight is 286 g/mol. The van der Waals surface area contributed by atoms with Crippen molar-refractivity contribution in [3.63, 3.8) is 0 Å². The summed E-state index contributed by atoms with van der Waals surface area (Å²) in [5.41, 5.74) is 0.319. The number of carbonyl (C=O) groups is 1. The van der Waals surface area contributed by atoms with E-state index in [0.717, 1.165) is 12.3 Å². The Morgan fingerprint density at radius 1 is 1.16 bits per heavy atom. The number of aldehydes is 1. The Labute approximate surface area is 111 Å². The molecule has 1 aromatic carbocycles. The predicted octanol–water partition coefficient (Wildman–Crippen LogP) is 4.23. The fourth-order valence-electron chi connectivity index (χ4n) is 1.56. The summed E-state index contributed by atoms with van der Waals surface area (Å²) in [6.45, 7) is 0. The quantitative estimate of drug-likeness (QED) is 0.773. The second-order valence-corrected chi connectivity index (χ2v) is 4.26. The van der Waals surface area contributed by atoms with Gasteiger partial charge in [0.1, 0.15) is 6.29 Å². The third-order valence-electron chi connectivity index (χ3n) is 2.44. The fraction of sp³-hybridized carbons (Fsp3) is 0.0769. The van der Waals surface area contributed by atoms with Gasteiger partial charge in [0, 0.05) is 22.3 Å². The van der Waals surface area contributed by atoms with Gasteiger partial charge < -0.3 is 0 Å². The molecule has 98 valence electrons. The Bertz CT molecular complexity index is 608. The molecule has 0 spiro atoms. The zero-order chi connectivity index (χ0) is 14.0. The number of rotatable bonds is 2. The van der Waals surface area contributed by atoms with Crippen LogP contribution in [0.1, 0.15) is 15.9 Å². The van der Waals surface area contributed by atoms with Crippen molar-refractivity contribution in [3.05, 3.63) is 52.7 Å². The molecule has 19 heavy (non-hydrogen) atoms. The highest BCUT2D eigenvalue weighted by Crippen LogP contribution is 2.30. The normalized spacial score (nSPS) is 11.4. The second-order valence-electron chi connectivity index (χ2n) is 3.82. The van der Waals surface area contributed by atoms with Crippen LogP contribution in [-0.4, -0.2) is 11.3 Å². The molecule has 1 heterocycles. The number of benzene rings is 1. The third-order valence-corrected chi connectivity index (χ3v) is 2.66. The van der Waals surface area contributed by atoms with Gasteiger partial charge in [0.05, 0.1) is 11.3 Å². The first-order valence-electron chi connectivity index (χ1n) is 5.19.